The van der Waals surface area contributed by atoms with Crippen LogP contribution in [0.1, 0.15) is 37.9 Å². The first kappa shape index (κ1) is 17.3. The van der Waals surface area contributed by atoms with E-state index in [4.69, 9.17) is 4.98 Å². The first-order chi connectivity index (χ1) is 13.8. The average Bonchev–Trinajstić information content (AvgIpc) is 3.12. The van der Waals surface area contributed by atoms with Crippen molar-refractivity contribution in [2.45, 2.75) is 45.2 Å². The van der Waals surface area contributed by atoms with Crippen molar-refractivity contribution in [1.82, 2.24) is 9.55 Å². The Morgan fingerprint density at radius 2 is 1.86 bits per heavy atom. The number of fused-ring (bicyclic) bond motifs is 3. The zero-order valence-electron chi connectivity index (χ0n) is 16.1. The van der Waals surface area contributed by atoms with Crippen LogP contribution in [0.5, 0.6) is 0 Å². The van der Waals surface area contributed by atoms with E-state index in [2.05, 4.69) is 45.1 Å². The van der Waals surface area contributed by atoms with Crippen LogP contribution in [0.15, 0.2) is 48.5 Å². The van der Waals surface area contributed by atoms with Gasteiger partial charge in [-0.3, -0.25) is 4.79 Å². The fourth-order valence-electron chi connectivity index (χ4n) is 4.58. The summed E-state index contributed by atoms with van der Waals surface area (Å²) in [6, 6.07) is 16.6. The first-order valence-corrected chi connectivity index (χ1v) is 10.4. The number of carbonyl (C=O) groups excluding carboxylic acids is 1. The topological polar surface area (TPSA) is 50.2 Å². The second-order valence-electron chi connectivity index (χ2n) is 7.96. The summed E-state index contributed by atoms with van der Waals surface area (Å²) in [7, 11) is 0. The molecule has 2 aromatic carbocycles. The van der Waals surface area contributed by atoms with Crippen LogP contribution in [0.4, 0.5) is 11.4 Å². The van der Waals surface area contributed by atoms with Crippen LogP contribution < -0.4 is 10.2 Å². The molecule has 2 aliphatic rings. The zero-order chi connectivity index (χ0) is 18.9. The summed E-state index contributed by atoms with van der Waals surface area (Å²) < 4.78 is 2.32. The smallest absolute Gasteiger partial charge is 0.227 e. The molecular formula is C23H26N4O. The number of rotatable bonds is 3. The Morgan fingerprint density at radius 1 is 1.00 bits per heavy atom. The van der Waals surface area contributed by atoms with Gasteiger partial charge in [0.05, 0.1) is 17.6 Å². The van der Waals surface area contributed by atoms with E-state index in [1.807, 2.05) is 18.2 Å². The molecule has 0 bridgehead atoms. The van der Waals surface area contributed by atoms with Gasteiger partial charge in [0.1, 0.15) is 5.82 Å². The van der Waals surface area contributed by atoms with Gasteiger partial charge in [-0.2, -0.15) is 0 Å². The van der Waals surface area contributed by atoms with Crippen LogP contribution in [0.25, 0.3) is 11.0 Å². The summed E-state index contributed by atoms with van der Waals surface area (Å²) in [5.41, 5.74) is 4.31. The predicted octanol–water partition coefficient (Wildman–Crippen LogP) is 4.58. The molecule has 5 heteroatoms. The molecule has 5 nitrogen and oxygen atoms in total. The molecule has 0 unspecified atom stereocenters. The molecule has 1 fully saturated rings. The lowest BCUT2D eigenvalue weighted by atomic mass is 9.88. The molecule has 1 amide bonds. The zero-order valence-corrected chi connectivity index (χ0v) is 16.1. The van der Waals surface area contributed by atoms with Crippen molar-refractivity contribution in [3.63, 3.8) is 0 Å². The van der Waals surface area contributed by atoms with Gasteiger partial charge in [0, 0.05) is 30.4 Å². The van der Waals surface area contributed by atoms with E-state index < -0.39 is 0 Å². The molecule has 28 heavy (non-hydrogen) atoms. The summed E-state index contributed by atoms with van der Waals surface area (Å²) in [6.45, 7) is 2.65. The number of hydrogen-bond donors (Lipinski definition) is 1. The Balaban J connectivity index is 1.33. The van der Waals surface area contributed by atoms with E-state index in [-0.39, 0.29) is 11.8 Å². The average molecular weight is 374 g/mol. The lowest BCUT2D eigenvalue weighted by Crippen LogP contribution is -2.33. The maximum atomic E-state index is 12.6. The van der Waals surface area contributed by atoms with Crippen molar-refractivity contribution in [2.24, 2.45) is 5.92 Å². The van der Waals surface area contributed by atoms with Crippen LogP contribution in [-0.4, -0.2) is 22.0 Å². The highest BCUT2D eigenvalue weighted by Gasteiger charge is 2.22. The van der Waals surface area contributed by atoms with Gasteiger partial charge in [-0.1, -0.05) is 37.5 Å². The second kappa shape index (κ2) is 7.30. The Hall–Kier alpha value is -2.82. The van der Waals surface area contributed by atoms with Crippen molar-refractivity contribution in [2.75, 3.05) is 16.8 Å². The summed E-state index contributed by atoms with van der Waals surface area (Å²) in [5, 5.41) is 3.15. The predicted molar refractivity (Wildman–Crippen MR) is 112 cm³/mol. The van der Waals surface area contributed by atoms with Crippen molar-refractivity contribution >= 4 is 28.3 Å². The summed E-state index contributed by atoms with van der Waals surface area (Å²) in [6.07, 6.45) is 5.65. The molecule has 0 radical (unpaired) electrons. The van der Waals surface area contributed by atoms with Gasteiger partial charge in [-0.25, -0.2) is 4.98 Å². The third-order valence-corrected chi connectivity index (χ3v) is 6.11. The lowest BCUT2D eigenvalue weighted by molar-refractivity contribution is -0.120. The summed E-state index contributed by atoms with van der Waals surface area (Å²) in [4.78, 5) is 19.7. The molecule has 1 aliphatic heterocycles. The number of carbonyl (C=O) groups is 1. The number of hydrogen-bond acceptors (Lipinski definition) is 3. The van der Waals surface area contributed by atoms with Crippen LogP contribution in [0.2, 0.25) is 0 Å². The third-order valence-electron chi connectivity index (χ3n) is 6.11. The Kier molecular flexibility index (Phi) is 4.51. The van der Waals surface area contributed by atoms with Gasteiger partial charge >= 0.3 is 0 Å². The molecule has 5 rings (SSSR count). The number of amides is 1. The summed E-state index contributed by atoms with van der Waals surface area (Å²) >= 11 is 0. The van der Waals surface area contributed by atoms with E-state index in [0.29, 0.717) is 0 Å². The quantitative estimate of drug-likeness (QED) is 0.730. The fourth-order valence-corrected chi connectivity index (χ4v) is 4.58. The van der Waals surface area contributed by atoms with Gasteiger partial charge in [0.25, 0.3) is 0 Å². The SMILES string of the molecule is O=C(Nc1cccc(N2CCn3c(nc4ccccc43)C2)c1)C1CCCCC1. The van der Waals surface area contributed by atoms with Gasteiger partial charge in [-0.15, -0.1) is 0 Å². The van der Waals surface area contributed by atoms with E-state index >= 15 is 0 Å². The standard InChI is InChI=1S/C23H26N4O/c28-23(17-7-2-1-3-8-17)24-18-9-6-10-19(15-18)26-13-14-27-21-12-5-4-11-20(21)25-22(27)16-26/h4-6,9-12,15,17H,1-3,7-8,13-14,16H2,(H,24,28). The van der Waals surface area contributed by atoms with E-state index in [0.717, 1.165) is 55.2 Å². The number of nitrogens with one attached hydrogen (secondary N) is 1. The summed E-state index contributed by atoms with van der Waals surface area (Å²) in [5.74, 6) is 1.45. The van der Waals surface area contributed by atoms with Crippen molar-refractivity contribution in [3.8, 4) is 0 Å². The number of anilines is 2. The van der Waals surface area contributed by atoms with Crippen molar-refractivity contribution < 1.29 is 4.79 Å². The molecule has 0 atom stereocenters. The van der Waals surface area contributed by atoms with Gasteiger partial charge in [0.15, 0.2) is 0 Å². The monoisotopic (exact) mass is 374 g/mol. The number of nitrogens with zero attached hydrogens (tertiary/aromatic N) is 3. The van der Waals surface area contributed by atoms with Crippen LogP contribution >= 0.6 is 0 Å². The maximum Gasteiger partial charge on any atom is 0.227 e. The number of aromatic nitrogens is 2. The highest BCUT2D eigenvalue weighted by atomic mass is 16.1. The van der Waals surface area contributed by atoms with E-state index in [9.17, 15) is 4.79 Å². The Labute approximate surface area is 165 Å². The van der Waals surface area contributed by atoms with Gasteiger partial charge < -0.3 is 14.8 Å². The number of imidazole rings is 1. The fraction of sp³-hybridized carbons (Fsp3) is 0.391. The highest BCUT2D eigenvalue weighted by molar-refractivity contribution is 5.93. The molecule has 0 spiro atoms. The van der Waals surface area contributed by atoms with Crippen LogP contribution in [-0.2, 0) is 17.9 Å². The van der Waals surface area contributed by atoms with Crippen LogP contribution in [0.3, 0.4) is 0 Å². The molecule has 1 aliphatic carbocycles. The molecule has 144 valence electrons. The van der Waals surface area contributed by atoms with Gasteiger partial charge in [0.2, 0.25) is 5.91 Å². The molecular weight excluding hydrogens is 348 g/mol. The van der Waals surface area contributed by atoms with Gasteiger partial charge in [-0.05, 0) is 43.2 Å². The molecule has 0 saturated heterocycles. The second-order valence-corrected chi connectivity index (χ2v) is 7.96. The molecule has 2 heterocycles. The normalized spacial score (nSPS) is 17.5. The number of benzene rings is 2. The van der Waals surface area contributed by atoms with Crippen molar-refractivity contribution in [1.29, 1.82) is 0 Å². The molecule has 1 N–H and O–H groups in total. The molecule has 1 aromatic heterocycles. The Bertz CT molecular complexity index is 1000. The maximum absolute atomic E-state index is 12.6. The minimum Gasteiger partial charge on any atom is -0.362 e. The minimum atomic E-state index is 0.173. The molecule has 1 saturated carbocycles. The third kappa shape index (κ3) is 3.26. The minimum absolute atomic E-state index is 0.173. The van der Waals surface area contributed by atoms with E-state index in [1.165, 1.54) is 24.8 Å². The molecule has 3 aromatic rings. The Morgan fingerprint density at radius 3 is 2.75 bits per heavy atom. The highest BCUT2D eigenvalue weighted by Crippen LogP contribution is 2.28. The van der Waals surface area contributed by atoms with Crippen molar-refractivity contribution in [3.05, 3.63) is 54.4 Å². The largest absolute Gasteiger partial charge is 0.362 e. The lowest BCUT2D eigenvalue weighted by Gasteiger charge is -2.30. The number of para-hydroxylation sites is 2. The van der Waals surface area contributed by atoms with E-state index in [1.54, 1.807) is 0 Å². The first-order valence-electron chi connectivity index (χ1n) is 10.4. The van der Waals surface area contributed by atoms with Crippen LogP contribution in [0, 0.1) is 5.92 Å².